The number of hydrogen-bond donors (Lipinski definition) is 0. The van der Waals surface area contributed by atoms with Gasteiger partial charge in [0.05, 0.1) is 14.2 Å². The highest BCUT2D eigenvalue weighted by molar-refractivity contribution is 5.92. The summed E-state index contributed by atoms with van der Waals surface area (Å²) in [5.41, 5.74) is 5.28. The van der Waals surface area contributed by atoms with E-state index in [1.807, 2.05) is 24.3 Å². The molecule has 0 aromatic heterocycles. The molecule has 1 aliphatic carbocycles. The van der Waals surface area contributed by atoms with E-state index in [-0.39, 0.29) is 0 Å². The van der Waals surface area contributed by atoms with Crippen molar-refractivity contribution in [3.8, 4) is 11.5 Å². The van der Waals surface area contributed by atoms with Crippen LogP contribution in [0.3, 0.4) is 0 Å². The van der Waals surface area contributed by atoms with Gasteiger partial charge in [0.1, 0.15) is 11.5 Å². The lowest BCUT2D eigenvalue weighted by Crippen LogP contribution is -2.02. The Hall–Kier alpha value is -2.55. The van der Waals surface area contributed by atoms with Crippen molar-refractivity contribution in [2.75, 3.05) is 14.2 Å². The molecule has 0 spiro atoms. The monoisotopic (exact) mass is 294 g/mol. The summed E-state index contributed by atoms with van der Waals surface area (Å²) in [6.45, 7) is 0. The largest absolute Gasteiger partial charge is 0.497 e. The molecule has 0 atom stereocenters. The molecule has 3 heteroatoms. The van der Waals surface area contributed by atoms with E-state index in [2.05, 4.69) is 18.2 Å². The van der Waals surface area contributed by atoms with Crippen molar-refractivity contribution in [1.82, 2.24) is 0 Å². The van der Waals surface area contributed by atoms with Gasteiger partial charge in [0.15, 0.2) is 6.29 Å². The first-order valence-electron chi connectivity index (χ1n) is 7.26. The van der Waals surface area contributed by atoms with Crippen molar-refractivity contribution in [2.24, 2.45) is 0 Å². The van der Waals surface area contributed by atoms with Crippen LogP contribution in [-0.2, 0) is 6.42 Å². The molecule has 0 saturated heterocycles. The Morgan fingerprint density at radius 2 is 1.68 bits per heavy atom. The molecule has 2 aromatic carbocycles. The maximum Gasteiger partial charge on any atom is 0.150 e. The number of fused-ring (bicyclic) bond motifs is 1. The first-order chi connectivity index (χ1) is 10.7. The minimum atomic E-state index is 0.698. The fraction of sp³-hybridized carbons (Fsp3) is 0.211. The van der Waals surface area contributed by atoms with Crippen LogP contribution in [0.25, 0.3) is 11.6 Å². The van der Waals surface area contributed by atoms with E-state index in [1.165, 1.54) is 16.7 Å². The van der Waals surface area contributed by atoms with Crippen LogP contribution in [-0.4, -0.2) is 20.5 Å². The van der Waals surface area contributed by atoms with Crippen molar-refractivity contribution < 1.29 is 14.3 Å². The summed E-state index contributed by atoms with van der Waals surface area (Å²) >= 11 is 0. The fourth-order valence-corrected chi connectivity index (χ4v) is 2.85. The van der Waals surface area contributed by atoms with Crippen molar-refractivity contribution in [3.63, 3.8) is 0 Å². The molecule has 0 fully saturated rings. The average molecular weight is 294 g/mol. The molecule has 0 aliphatic heterocycles. The van der Waals surface area contributed by atoms with Crippen LogP contribution < -0.4 is 9.47 Å². The van der Waals surface area contributed by atoms with Crippen LogP contribution in [0.2, 0.25) is 0 Å². The minimum absolute atomic E-state index is 0.698. The van der Waals surface area contributed by atoms with Gasteiger partial charge in [-0.2, -0.15) is 0 Å². The zero-order valence-corrected chi connectivity index (χ0v) is 12.8. The third-order valence-corrected chi connectivity index (χ3v) is 4.08. The van der Waals surface area contributed by atoms with Crippen LogP contribution in [0, 0.1) is 0 Å². The molecular weight excluding hydrogens is 276 g/mol. The van der Waals surface area contributed by atoms with Crippen LogP contribution in [0.1, 0.15) is 33.5 Å². The number of allylic oxidation sites excluding steroid dienone is 1. The maximum absolute atomic E-state index is 11.3. The first kappa shape index (κ1) is 14.4. The Morgan fingerprint density at radius 1 is 0.955 bits per heavy atom. The molecule has 0 saturated carbocycles. The predicted molar refractivity (Wildman–Crippen MR) is 87.6 cm³/mol. The van der Waals surface area contributed by atoms with Crippen LogP contribution >= 0.6 is 0 Å². The second-order valence-electron chi connectivity index (χ2n) is 5.31. The van der Waals surface area contributed by atoms with Gasteiger partial charge in [-0.3, -0.25) is 4.79 Å². The number of methoxy groups -OCH3 is 2. The summed E-state index contributed by atoms with van der Waals surface area (Å²) in [6.07, 6.45) is 4.89. The molecule has 0 N–H and O–H groups in total. The Bertz CT molecular complexity index is 744. The van der Waals surface area contributed by atoms with E-state index < -0.39 is 0 Å². The Labute approximate surface area is 130 Å². The van der Waals surface area contributed by atoms with Crippen molar-refractivity contribution in [3.05, 3.63) is 58.7 Å². The number of hydrogen-bond acceptors (Lipinski definition) is 3. The van der Waals surface area contributed by atoms with E-state index in [0.717, 1.165) is 36.2 Å². The topological polar surface area (TPSA) is 35.5 Å². The number of benzene rings is 2. The molecule has 112 valence electrons. The van der Waals surface area contributed by atoms with E-state index >= 15 is 0 Å². The molecule has 1 aliphatic rings. The Kier molecular flexibility index (Phi) is 3.96. The lowest BCUT2D eigenvalue weighted by atomic mass is 9.87. The highest BCUT2D eigenvalue weighted by Crippen LogP contribution is 2.34. The van der Waals surface area contributed by atoms with Gasteiger partial charge in [-0.1, -0.05) is 12.1 Å². The summed E-state index contributed by atoms with van der Waals surface area (Å²) in [7, 11) is 3.31. The highest BCUT2D eigenvalue weighted by atomic mass is 16.5. The molecule has 0 unspecified atom stereocenters. The first-order valence-corrected chi connectivity index (χ1v) is 7.26. The minimum Gasteiger partial charge on any atom is -0.497 e. The zero-order chi connectivity index (χ0) is 15.5. The Balaban J connectivity index is 2.05. The van der Waals surface area contributed by atoms with Crippen LogP contribution in [0.15, 0.2) is 36.4 Å². The van der Waals surface area contributed by atoms with E-state index in [0.29, 0.717) is 5.56 Å². The van der Waals surface area contributed by atoms with Crippen LogP contribution in [0.4, 0.5) is 0 Å². The quantitative estimate of drug-likeness (QED) is 0.799. The van der Waals surface area contributed by atoms with E-state index in [9.17, 15) is 4.79 Å². The normalized spacial score (nSPS) is 13.1. The number of aryl methyl sites for hydroxylation is 1. The van der Waals surface area contributed by atoms with Crippen molar-refractivity contribution >= 4 is 17.9 Å². The van der Waals surface area contributed by atoms with Gasteiger partial charge in [0.2, 0.25) is 0 Å². The maximum atomic E-state index is 11.3. The van der Waals surface area contributed by atoms with Gasteiger partial charge < -0.3 is 9.47 Å². The van der Waals surface area contributed by atoms with Gasteiger partial charge in [0, 0.05) is 5.56 Å². The third kappa shape index (κ3) is 2.62. The number of ether oxygens (including phenoxy) is 2. The second-order valence-corrected chi connectivity index (χ2v) is 5.31. The summed E-state index contributed by atoms with van der Waals surface area (Å²) in [6, 6.07) is 11.7. The second kappa shape index (κ2) is 6.06. The number of carbonyl (C=O) groups excluding carboxylic acids is 1. The summed E-state index contributed by atoms with van der Waals surface area (Å²) in [5, 5.41) is 0. The number of rotatable bonds is 4. The van der Waals surface area contributed by atoms with Gasteiger partial charge in [-0.25, -0.2) is 0 Å². The molecule has 3 nitrogen and oxygen atoms in total. The molecule has 3 rings (SSSR count). The lowest BCUT2D eigenvalue weighted by Gasteiger charge is -2.19. The predicted octanol–water partition coefficient (Wildman–Crippen LogP) is 4.00. The molecular formula is C19H18O3. The van der Waals surface area contributed by atoms with Gasteiger partial charge in [-0.05, 0) is 65.4 Å². The summed E-state index contributed by atoms with van der Waals surface area (Å²) in [4.78, 5) is 11.3. The van der Waals surface area contributed by atoms with Gasteiger partial charge in [0.25, 0.3) is 0 Å². The summed E-state index contributed by atoms with van der Waals surface area (Å²) < 4.78 is 10.6. The van der Waals surface area contributed by atoms with E-state index in [1.54, 1.807) is 14.2 Å². The zero-order valence-electron chi connectivity index (χ0n) is 12.8. The van der Waals surface area contributed by atoms with Crippen molar-refractivity contribution in [1.29, 1.82) is 0 Å². The average Bonchev–Trinajstić information content (AvgIpc) is 2.60. The number of aldehydes is 1. The number of carbonyl (C=O) groups is 1. The summed E-state index contributed by atoms with van der Waals surface area (Å²) in [5.74, 6) is 1.65. The molecule has 0 amide bonds. The van der Waals surface area contributed by atoms with Gasteiger partial charge in [-0.15, -0.1) is 0 Å². The highest BCUT2D eigenvalue weighted by Gasteiger charge is 2.15. The molecule has 0 heterocycles. The SMILES string of the molecule is COc1ccc2c(c1)CCC(c1cc(OC)ccc1C=O)=C2. The van der Waals surface area contributed by atoms with E-state index in [4.69, 9.17) is 9.47 Å². The molecule has 22 heavy (non-hydrogen) atoms. The molecule has 2 aromatic rings. The molecule has 0 bridgehead atoms. The van der Waals surface area contributed by atoms with Gasteiger partial charge >= 0.3 is 0 Å². The smallest absolute Gasteiger partial charge is 0.150 e. The fourth-order valence-electron chi connectivity index (χ4n) is 2.85. The lowest BCUT2D eigenvalue weighted by molar-refractivity contribution is 0.112. The van der Waals surface area contributed by atoms with Crippen LogP contribution in [0.5, 0.6) is 11.5 Å². The standard InChI is InChI=1S/C19H18O3/c1-21-17-7-5-13-9-15(4-3-14(13)10-17)19-11-18(22-2)8-6-16(19)12-20/h5-12H,3-4H2,1-2H3. The molecule has 0 radical (unpaired) electrons. The van der Waals surface area contributed by atoms with Crippen molar-refractivity contribution in [2.45, 2.75) is 12.8 Å². The third-order valence-electron chi connectivity index (χ3n) is 4.08. The Morgan fingerprint density at radius 3 is 2.41 bits per heavy atom.